The van der Waals surface area contributed by atoms with E-state index in [1.807, 2.05) is 39.0 Å². The van der Waals surface area contributed by atoms with Gasteiger partial charge >= 0.3 is 5.97 Å². The highest BCUT2D eigenvalue weighted by Crippen LogP contribution is 2.27. The van der Waals surface area contributed by atoms with E-state index < -0.39 is 11.4 Å². The fraction of sp³-hybridized carbons (Fsp3) is 0.444. The van der Waals surface area contributed by atoms with E-state index in [2.05, 4.69) is 5.32 Å². The molecule has 5 nitrogen and oxygen atoms in total. The molecule has 0 aliphatic rings. The zero-order chi connectivity index (χ0) is 18.2. The SMILES string of the molecule is COCCOC(=O)/C(C#N)=C(\NCc1ccc(Cl)cc1)C(C)(C)C. The van der Waals surface area contributed by atoms with Gasteiger partial charge in [-0.25, -0.2) is 4.79 Å². The molecule has 6 heteroatoms. The molecule has 0 fully saturated rings. The Kier molecular flexibility index (Phi) is 7.76. The smallest absolute Gasteiger partial charge is 0.350 e. The summed E-state index contributed by atoms with van der Waals surface area (Å²) in [6.07, 6.45) is 0. The fourth-order valence-electron chi connectivity index (χ4n) is 2.01. The Morgan fingerprint density at radius 3 is 2.38 bits per heavy atom. The number of nitriles is 1. The molecule has 1 aromatic rings. The minimum Gasteiger partial charge on any atom is -0.459 e. The lowest BCUT2D eigenvalue weighted by Crippen LogP contribution is -2.28. The van der Waals surface area contributed by atoms with Gasteiger partial charge in [-0.3, -0.25) is 0 Å². The Labute approximate surface area is 148 Å². The highest BCUT2D eigenvalue weighted by Gasteiger charge is 2.26. The van der Waals surface area contributed by atoms with Gasteiger partial charge in [0.2, 0.25) is 0 Å². The molecule has 0 saturated heterocycles. The van der Waals surface area contributed by atoms with Crippen LogP contribution in [-0.2, 0) is 20.8 Å². The highest BCUT2D eigenvalue weighted by molar-refractivity contribution is 6.30. The van der Waals surface area contributed by atoms with E-state index in [-0.39, 0.29) is 18.8 Å². The Bertz CT molecular complexity index is 625. The predicted octanol–water partition coefficient (Wildman–Crippen LogP) is 3.44. The first-order valence-electron chi connectivity index (χ1n) is 7.58. The maximum absolute atomic E-state index is 12.2. The average Bonchev–Trinajstić information content (AvgIpc) is 2.52. The third-order valence-corrected chi connectivity index (χ3v) is 3.47. The first-order chi connectivity index (χ1) is 11.3. The molecular weight excluding hydrogens is 328 g/mol. The van der Waals surface area contributed by atoms with Gasteiger partial charge in [0.05, 0.1) is 6.61 Å². The second-order valence-electron chi connectivity index (χ2n) is 6.22. The molecule has 0 aromatic heterocycles. The number of hydrogen-bond donors (Lipinski definition) is 1. The van der Waals surface area contributed by atoms with Gasteiger partial charge in [0.1, 0.15) is 12.7 Å². The van der Waals surface area contributed by atoms with E-state index in [4.69, 9.17) is 21.1 Å². The third-order valence-electron chi connectivity index (χ3n) is 3.22. The molecule has 0 amide bonds. The van der Waals surface area contributed by atoms with Crippen LogP contribution in [0.2, 0.25) is 5.02 Å². The van der Waals surface area contributed by atoms with Crippen molar-refractivity contribution in [3.05, 3.63) is 46.1 Å². The summed E-state index contributed by atoms with van der Waals surface area (Å²) in [6.45, 7) is 6.65. The number of nitrogens with one attached hydrogen (secondary N) is 1. The van der Waals surface area contributed by atoms with Gasteiger partial charge in [0.15, 0.2) is 5.57 Å². The second-order valence-corrected chi connectivity index (χ2v) is 6.66. The van der Waals surface area contributed by atoms with Gasteiger partial charge in [0, 0.05) is 29.8 Å². The maximum atomic E-state index is 12.2. The molecule has 0 atom stereocenters. The van der Waals surface area contributed by atoms with Gasteiger partial charge in [-0.2, -0.15) is 5.26 Å². The molecule has 1 rings (SSSR count). The molecule has 0 heterocycles. The van der Waals surface area contributed by atoms with E-state index in [1.165, 1.54) is 7.11 Å². The summed E-state index contributed by atoms with van der Waals surface area (Å²) in [6, 6.07) is 9.33. The zero-order valence-corrected chi connectivity index (χ0v) is 15.2. The molecular formula is C18H23ClN2O3. The van der Waals surface area contributed by atoms with Crippen LogP contribution in [0.15, 0.2) is 35.5 Å². The highest BCUT2D eigenvalue weighted by atomic mass is 35.5. The number of esters is 1. The molecule has 0 unspecified atom stereocenters. The lowest BCUT2D eigenvalue weighted by atomic mass is 9.88. The number of ether oxygens (including phenoxy) is 2. The Morgan fingerprint density at radius 1 is 1.25 bits per heavy atom. The number of carbonyl (C=O) groups is 1. The van der Waals surface area contributed by atoms with E-state index in [0.29, 0.717) is 17.3 Å². The van der Waals surface area contributed by atoms with Crippen molar-refractivity contribution >= 4 is 17.6 Å². The standard InChI is InChI=1S/C18H23ClN2O3/c1-18(2,3)16(15(11-20)17(22)24-10-9-23-4)21-12-13-5-7-14(19)8-6-13/h5-8,21H,9-10,12H2,1-4H3/b16-15-. The van der Waals surface area contributed by atoms with E-state index in [1.54, 1.807) is 12.1 Å². The van der Waals surface area contributed by atoms with Crippen LogP contribution in [0.3, 0.4) is 0 Å². The quantitative estimate of drug-likeness (QED) is 0.353. The summed E-state index contributed by atoms with van der Waals surface area (Å²) in [5, 5.41) is 13.3. The van der Waals surface area contributed by atoms with Gasteiger partial charge in [-0.05, 0) is 17.7 Å². The number of rotatable bonds is 7. The zero-order valence-electron chi connectivity index (χ0n) is 14.5. The van der Waals surface area contributed by atoms with E-state index in [0.717, 1.165) is 5.56 Å². The van der Waals surface area contributed by atoms with Crippen molar-refractivity contribution in [1.29, 1.82) is 5.26 Å². The van der Waals surface area contributed by atoms with Crippen LogP contribution in [0, 0.1) is 16.7 Å². The third kappa shape index (κ3) is 6.23. The van der Waals surface area contributed by atoms with Crippen molar-refractivity contribution in [2.45, 2.75) is 27.3 Å². The molecule has 0 bridgehead atoms. The largest absolute Gasteiger partial charge is 0.459 e. The number of halogens is 1. The van der Waals surface area contributed by atoms with Crippen molar-refractivity contribution in [2.75, 3.05) is 20.3 Å². The molecule has 130 valence electrons. The van der Waals surface area contributed by atoms with Gasteiger partial charge in [-0.1, -0.05) is 44.5 Å². The lowest BCUT2D eigenvalue weighted by molar-refractivity contribution is -0.139. The topological polar surface area (TPSA) is 71.3 Å². The summed E-state index contributed by atoms with van der Waals surface area (Å²) in [4.78, 5) is 12.2. The molecule has 1 N–H and O–H groups in total. The van der Waals surface area contributed by atoms with Crippen LogP contribution in [0.5, 0.6) is 0 Å². The van der Waals surface area contributed by atoms with E-state index >= 15 is 0 Å². The molecule has 0 aliphatic heterocycles. The molecule has 24 heavy (non-hydrogen) atoms. The second kappa shape index (κ2) is 9.31. The molecule has 0 aliphatic carbocycles. The number of methoxy groups -OCH3 is 1. The first-order valence-corrected chi connectivity index (χ1v) is 7.96. The minimum atomic E-state index is -0.650. The summed E-state index contributed by atoms with van der Waals surface area (Å²) in [5.74, 6) is -0.650. The molecule has 0 spiro atoms. The first kappa shape index (κ1) is 20.0. The Balaban J connectivity index is 2.98. The van der Waals surface area contributed by atoms with Crippen LogP contribution < -0.4 is 5.32 Å². The van der Waals surface area contributed by atoms with Crippen LogP contribution >= 0.6 is 11.6 Å². The van der Waals surface area contributed by atoms with Crippen LogP contribution in [-0.4, -0.2) is 26.3 Å². The maximum Gasteiger partial charge on any atom is 0.350 e. The summed E-state index contributed by atoms with van der Waals surface area (Å²) >= 11 is 5.88. The Morgan fingerprint density at radius 2 is 1.88 bits per heavy atom. The molecule has 1 aromatic carbocycles. The van der Waals surface area contributed by atoms with Gasteiger partial charge in [0.25, 0.3) is 0 Å². The summed E-state index contributed by atoms with van der Waals surface area (Å²) in [7, 11) is 1.52. The predicted molar refractivity (Wildman–Crippen MR) is 93.2 cm³/mol. The van der Waals surface area contributed by atoms with Gasteiger partial charge < -0.3 is 14.8 Å². The number of nitrogens with zero attached hydrogens (tertiary/aromatic N) is 1. The monoisotopic (exact) mass is 350 g/mol. The normalized spacial score (nSPS) is 12.2. The number of carbonyl (C=O) groups excluding carboxylic acids is 1. The van der Waals surface area contributed by atoms with Crippen molar-refractivity contribution in [3.8, 4) is 6.07 Å². The van der Waals surface area contributed by atoms with E-state index in [9.17, 15) is 10.1 Å². The minimum absolute atomic E-state index is 0.0208. The van der Waals surface area contributed by atoms with Crippen molar-refractivity contribution in [3.63, 3.8) is 0 Å². The van der Waals surface area contributed by atoms with Crippen molar-refractivity contribution in [2.24, 2.45) is 5.41 Å². The lowest BCUT2D eigenvalue weighted by Gasteiger charge is -2.25. The fourth-order valence-corrected chi connectivity index (χ4v) is 2.14. The van der Waals surface area contributed by atoms with Crippen molar-refractivity contribution in [1.82, 2.24) is 5.32 Å². The summed E-state index contributed by atoms with van der Waals surface area (Å²) < 4.78 is 9.92. The van der Waals surface area contributed by atoms with Crippen molar-refractivity contribution < 1.29 is 14.3 Å². The summed E-state index contributed by atoms with van der Waals surface area (Å²) in [5.41, 5.74) is 1.10. The van der Waals surface area contributed by atoms with Crippen LogP contribution in [0.1, 0.15) is 26.3 Å². The number of allylic oxidation sites excluding steroid dienone is 1. The molecule has 0 saturated carbocycles. The van der Waals surface area contributed by atoms with Crippen LogP contribution in [0.25, 0.3) is 0 Å². The van der Waals surface area contributed by atoms with Crippen LogP contribution in [0.4, 0.5) is 0 Å². The number of hydrogen-bond acceptors (Lipinski definition) is 5. The average molecular weight is 351 g/mol. The van der Waals surface area contributed by atoms with Gasteiger partial charge in [-0.15, -0.1) is 0 Å². The Hall–Kier alpha value is -2.03. The number of benzene rings is 1. The molecule has 0 radical (unpaired) electrons.